The number of fused-ring (bicyclic) bond motifs is 1. The molecule has 4 nitrogen and oxygen atoms in total. The zero-order valence-electron chi connectivity index (χ0n) is 19.1. The summed E-state index contributed by atoms with van der Waals surface area (Å²) in [6, 6.07) is 20.9. The molecule has 1 N–H and O–H groups in total. The molecule has 1 aliphatic carbocycles. The summed E-state index contributed by atoms with van der Waals surface area (Å²) < 4.78 is 2.06. The topological polar surface area (TPSA) is 46.9 Å². The van der Waals surface area contributed by atoms with Gasteiger partial charge in [-0.2, -0.15) is 0 Å². The van der Waals surface area contributed by atoms with Crippen LogP contribution in [0, 0.1) is 6.92 Å². The highest BCUT2D eigenvalue weighted by atomic mass is 35.5. The molecule has 1 aliphatic rings. The molecule has 1 atom stereocenters. The molecular formula is C28H27Cl2N3O. The molecule has 1 heterocycles. The lowest BCUT2D eigenvalue weighted by atomic mass is 9.94. The van der Waals surface area contributed by atoms with Gasteiger partial charge in [0, 0.05) is 21.7 Å². The van der Waals surface area contributed by atoms with Crippen molar-refractivity contribution in [3.63, 3.8) is 0 Å². The predicted octanol–water partition coefficient (Wildman–Crippen LogP) is 7.36. The fourth-order valence-electron chi connectivity index (χ4n) is 4.86. The van der Waals surface area contributed by atoms with Crippen LogP contribution in [-0.2, 0) is 4.79 Å². The van der Waals surface area contributed by atoms with Crippen molar-refractivity contribution >= 4 is 40.1 Å². The molecule has 1 unspecified atom stereocenters. The number of nitrogens with zero attached hydrogens (tertiary/aromatic N) is 2. The van der Waals surface area contributed by atoms with Crippen molar-refractivity contribution < 1.29 is 4.79 Å². The van der Waals surface area contributed by atoms with Gasteiger partial charge >= 0.3 is 0 Å². The maximum atomic E-state index is 13.9. The maximum absolute atomic E-state index is 13.9. The number of carbonyl (C=O) groups excluding carboxylic acids is 1. The van der Waals surface area contributed by atoms with E-state index >= 15 is 0 Å². The van der Waals surface area contributed by atoms with Gasteiger partial charge in [0.25, 0.3) is 0 Å². The van der Waals surface area contributed by atoms with Crippen LogP contribution in [0.3, 0.4) is 0 Å². The van der Waals surface area contributed by atoms with Crippen LogP contribution in [0.15, 0.2) is 66.7 Å². The lowest BCUT2D eigenvalue weighted by Crippen LogP contribution is -2.41. The number of carbonyl (C=O) groups is 1. The van der Waals surface area contributed by atoms with Crippen molar-refractivity contribution in [2.45, 2.75) is 51.1 Å². The maximum Gasteiger partial charge on any atom is 0.248 e. The first-order valence-corrected chi connectivity index (χ1v) is 12.6. The third-order valence-corrected chi connectivity index (χ3v) is 7.10. The third kappa shape index (κ3) is 4.70. The van der Waals surface area contributed by atoms with Gasteiger partial charge in [0.05, 0.1) is 11.0 Å². The van der Waals surface area contributed by atoms with E-state index in [0.717, 1.165) is 59.2 Å². The van der Waals surface area contributed by atoms with E-state index in [2.05, 4.69) is 22.9 Å². The van der Waals surface area contributed by atoms with Gasteiger partial charge in [0.1, 0.15) is 11.9 Å². The van der Waals surface area contributed by atoms with Crippen LogP contribution in [-0.4, -0.2) is 21.5 Å². The number of benzene rings is 3. The molecule has 34 heavy (non-hydrogen) atoms. The number of hydrogen-bond acceptors (Lipinski definition) is 2. The SMILES string of the molecule is Cc1ccc2nc(-c3ccc(Cl)cc3)n(C(C(=O)NC3CCCCC3)c3ccc(Cl)cc3)c2c1. The molecule has 0 radical (unpaired) electrons. The van der Waals surface area contributed by atoms with Crippen molar-refractivity contribution in [1.82, 2.24) is 14.9 Å². The van der Waals surface area contributed by atoms with Crippen molar-refractivity contribution in [3.05, 3.63) is 87.9 Å². The fourth-order valence-corrected chi connectivity index (χ4v) is 5.11. The van der Waals surface area contributed by atoms with Gasteiger partial charge in [0.15, 0.2) is 0 Å². The Morgan fingerprint density at radius 2 is 1.59 bits per heavy atom. The first-order valence-electron chi connectivity index (χ1n) is 11.8. The number of aryl methyl sites for hydroxylation is 1. The van der Waals surface area contributed by atoms with Gasteiger partial charge in [-0.3, -0.25) is 4.79 Å². The summed E-state index contributed by atoms with van der Waals surface area (Å²) in [6.45, 7) is 2.05. The summed E-state index contributed by atoms with van der Waals surface area (Å²) in [7, 11) is 0. The van der Waals surface area contributed by atoms with Crippen molar-refractivity contribution in [2.75, 3.05) is 0 Å². The van der Waals surface area contributed by atoms with Crippen molar-refractivity contribution in [1.29, 1.82) is 0 Å². The van der Waals surface area contributed by atoms with Gasteiger partial charge in [-0.15, -0.1) is 0 Å². The zero-order chi connectivity index (χ0) is 23.7. The molecule has 4 aromatic rings. The number of hydrogen-bond donors (Lipinski definition) is 1. The summed E-state index contributed by atoms with van der Waals surface area (Å²) in [5.41, 5.74) is 4.65. The third-order valence-electron chi connectivity index (χ3n) is 6.59. The number of halogens is 2. The molecule has 1 saturated carbocycles. The number of nitrogens with one attached hydrogen (secondary N) is 1. The van der Waals surface area contributed by atoms with Gasteiger partial charge in [-0.05, 0) is 79.4 Å². The van der Waals surface area contributed by atoms with Gasteiger partial charge < -0.3 is 9.88 Å². The number of amides is 1. The molecular weight excluding hydrogens is 465 g/mol. The Kier molecular flexibility index (Phi) is 6.62. The Bertz CT molecular complexity index is 1310. The summed E-state index contributed by atoms with van der Waals surface area (Å²) in [5.74, 6) is 0.709. The Morgan fingerprint density at radius 3 is 2.26 bits per heavy atom. The normalized spacial score (nSPS) is 15.4. The van der Waals surface area contributed by atoms with Crippen LogP contribution in [0.1, 0.15) is 49.3 Å². The summed E-state index contributed by atoms with van der Waals surface area (Å²) >= 11 is 12.4. The smallest absolute Gasteiger partial charge is 0.248 e. The van der Waals surface area contributed by atoms with Gasteiger partial charge in [-0.1, -0.05) is 60.7 Å². The molecule has 0 bridgehead atoms. The molecule has 1 amide bonds. The summed E-state index contributed by atoms with van der Waals surface area (Å²) in [6.07, 6.45) is 5.58. The van der Waals surface area contributed by atoms with Crippen LogP contribution < -0.4 is 5.32 Å². The summed E-state index contributed by atoms with van der Waals surface area (Å²) in [4.78, 5) is 18.9. The number of rotatable bonds is 5. The van der Waals surface area contributed by atoms with Crippen LogP contribution in [0.2, 0.25) is 10.0 Å². The summed E-state index contributed by atoms with van der Waals surface area (Å²) in [5, 5.41) is 4.64. The zero-order valence-corrected chi connectivity index (χ0v) is 20.6. The highest BCUT2D eigenvalue weighted by Gasteiger charge is 2.30. The van der Waals surface area contributed by atoms with E-state index in [4.69, 9.17) is 28.2 Å². The highest BCUT2D eigenvalue weighted by molar-refractivity contribution is 6.30. The van der Waals surface area contributed by atoms with Crippen molar-refractivity contribution in [3.8, 4) is 11.4 Å². The minimum absolute atomic E-state index is 0.0229. The average Bonchev–Trinajstić information content (AvgIpc) is 3.20. The molecule has 0 saturated heterocycles. The number of aromatic nitrogens is 2. The Morgan fingerprint density at radius 1 is 0.941 bits per heavy atom. The molecule has 174 valence electrons. The largest absolute Gasteiger partial charge is 0.351 e. The Balaban J connectivity index is 1.69. The molecule has 5 rings (SSSR count). The first kappa shape index (κ1) is 22.9. The molecule has 1 fully saturated rings. The fraction of sp³-hybridized carbons (Fsp3) is 0.286. The van der Waals surface area contributed by atoms with E-state index in [-0.39, 0.29) is 11.9 Å². The molecule has 6 heteroatoms. The monoisotopic (exact) mass is 491 g/mol. The minimum atomic E-state index is -0.586. The standard InChI is InChI=1S/C28H27Cl2N3O/c1-18-7-16-24-25(17-18)33(27(32-24)20-10-14-22(30)15-11-20)26(19-8-12-21(29)13-9-19)28(34)31-23-5-3-2-4-6-23/h7-17,23,26H,2-6H2,1H3,(H,31,34). The van der Waals surface area contributed by atoms with E-state index in [1.165, 1.54) is 6.42 Å². The minimum Gasteiger partial charge on any atom is -0.351 e. The van der Waals surface area contributed by atoms with Crippen LogP contribution in [0.5, 0.6) is 0 Å². The molecule has 3 aromatic carbocycles. The lowest BCUT2D eigenvalue weighted by Gasteiger charge is -2.27. The van der Waals surface area contributed by atoms with Crippen molar-refractivity contribution in [2.24, 2.45) is 0 Å². The van der Waals surface area contributed by atoms with Crippen LogP contribution in [0.4, 0.5) is 0 Å². The quantitative estimate of drug-likeness (QED) is 0.317. The van der Waals surface area contributed by atoms with E-state index in [1.54, 1.807) is 0 Å². The average molecular weight is 492 g/mol. The second-order valence-corrected chi connectivity index (χ2v) is 9.97. The van der Waals surface area contributed by atoms with Gasteiger partial charge in [-0.25, -0.2) is 4.98 Å². The highest BCUT2D eigenvalue weighted by Crippen LogP contribution is 2.34. The van der Waals surface area contributed by atoms with Gasteiger partial charge in [0.2, 0.25) is 5.91 Å². The Labute approximate surface area is 209 Å². The number of imidazole rings is 1. The second-order valence-electron chi connectivity index (χ2n) is 9.10. The predicted molar refractivity (Wildman–Crippen MR) is 140 cm³/mol. The van der Waals surface area contributed by atoms with Crippen LogP contribution >= 0.6 is 23.2 Å². The Hall–Kier alpha value is -2.82. The molecule has 0 aliphatic heterocycles. The molecule has 0 spiro atoms. The van der Waals surface area contributed by atoms with Crippen LogP contribution in [0.25, 0.3) is 22.4 Å². The molecule has 1 aromatic heterocycles. The first-order chi connectivity index (χ1) is 16.5. The van der Waals surface area contributed by atoms with E-state index in [1.807, 2.05) is 60.7 Å². The lowest BCUT2D eigenvalue weighted by molar-refractivity contribution is -0.124. The van der Waals surface area contributed by atoms with E-state index in [9.17, 15) is 4.79 Å². The van der Waals surface area contributed by atoms with E-state index in [0.29, 0.717) is 10.0 Å². The second kappa shape index (κ2) is 9.81. The van der Waals surface area contributed by atoms with E-state index < -0.39 is 6.04 Å².